The molecule has 1 unspecified atom stereocenters. The van der Waals surface area contributed by atoms with Crippen LogP contribution in [0.15, 0.2) is 18.2 Å². The lowest BCUT2D eigenvalue weighted by Gasteiger charge is -2.20. The minimum Gasteiger partial charge on any atom is -0.271 e. The first-order valence-corrected chi connectivity index (χ1v) is 7.35. The standard InChI is InChI=1S/C14H20Cl2N2/c15-13-6-3-7-14(16)12(13)9-11(18-17)8-10-4-1-2-5-10/h3,6-7,10-11,18H,1-2,4-5,8-9,17H2. The minimum atomic E-state index is 0.255. The number of rotatable bonds is 5. The third-order valence-corrected chi connectivity index (χ3v) is 4.55. The van der Waals surface area contributed by atoms with Crippen molar-refractivity contribution in [3.8, 4) is 0 Å². The van der Waals surface area contributed by atoms with E-state index in [0.717, 1.165) is 34.4 Å². The highest BCUT2D eigenvalue weighted by atomic mass is 35.5. The van der Waals surface area contributed by atoms with Gasteiger partial charge < -0.3 is 0 Å². The molecule has 3 N–H and O–H groups in total. The van der Waals surface area contributed by atoms with Crippen molar-refractivity contribution in [2.75, 3.05) is 0 Å². The van der Waals surface area contributed by atoms with Crippen molar-refractivity contribution in [2.45, 2.75) is 44.6 Å². The second-order valence-electron chi connectivity index (χ2n) is 5.15. The normalized spacial score (nSPS) is 18.2. The van der Waals surface area contributed by atoms with Crippen LogP contribution in [0, 0.1) is 5.92 Å². The van der Waals surface area contributed by atoms with Crippen molar-refractivity contribution < 1.29 is 0 Å². The number of nitrogens with one attached hydrogen (secondary N) is 1. The van der Waals surface area contributed by atoms with Gasteiger partial charge in [-0.15, -0.1) is 0 Å². The van der Waals surface area contributed by atoms with Crippen LogP contribution in [0.4, 0.5) is 0 Å². The lowest BCUT2D eigenvalue weighted by Crippen LogP contribution is -2.38. The Morgan fingerprint density at radius 2 is 1.83 bits per heavy atom. The first kappa shape index (κ1) is 14.1. The highest BCUT2D eigenvalue weighted by Gasteiger charge is 2.21. The van der Waals surface area contributed by atoms with E-state index in [1.54, 1.807) is 0 Å². The number of benzene rings is 1. The summed E-state index contributed by atoms with van der Waals surface area (Å²) < 4.78 is 0. The minimum absolute atomic E-state index is 0.255. The molecule has 1 aliphatic rings. The topological polar surface area (TPSA) is 38.0 Å². The molecule has 0 heterocycles. The Kier molecular flexibility index (Phi) is 5.31. The molecule has 0 aliphatic heterocycles. The van der Waals surface area contributed by atoms with Gasteiger partial charge in [-0.25, -0.2) is 0 Å². The zero-order chi connectivity index (χ0) is 13.0. The fraction of sp³-hybridized carbons (Fsp3) is 0.571. The summed E-state index contributed by atoms with van der Waals surface area (Å²) >= 11 is 12.4. The maximum absolute atomic E-state index is 6.19. The molecule has 0 bridgehead atoms. The molecule has 2 nitrogen and oxygen atoms in total. The van der Waals surface area contributed by atoms with E-state index in [0.29, 0.717) is 0 Å². The average Bonchev–Trinajstić information content (AvgIpc) is 2.85. The third-order valence-electron chi connectivity index (χ3n) is 3.84. The van der Waals surface area contributed by atoms with Crippen molar-refractivity contribution in [1.82, 2.24) is 5.43 Å². The van der Waals surface area contributed by atoms with Gasteiger partial charge in [0.2, 0.25) is 0 Å². The van der Waals surface area contributed by atoms with Crippen molar-refractivity contribution in [2.24, 2.45) is 11.8 Å². The molecule has 100 valence electrons. The second-order valence-corrected chi connectivity index (χ2v) is 5.97. The Labute approximate surface area is 119 Å². The quantitative estimate of drug-likeness (QED) is 0.635. The van der Waals surface area contributed by atoms with Gasteiger partial charge in [-0.1, -0.05) is 55.0 Å². The summed E-state index contributed by atoms with van der Waals surface area (Å²) in [6.07, 6.45) is 7.27. The molecule has 1 fully saturated rings. The van der Waals surface area contributed by atoms with Crippen LogP contribution >= 0.6 is 23.2 Å². The monoisotopic (exact) mass is 286 g/mol. The molecular formula is C14H20Cl2N2. The fourth-order valence-corrected chi connectivity index (χ4v) is 3.38. The van der Waals surface area contributed by atoms with E-state index in [4.69, 9.17) is 29.0 Å². The van der Waals surface area contributed by atoms with Gasteiger partial charge in [-0.2, -0.15) is 0 Å². The predicted molar refractivity (Wildman–Crippen MR) is 77.9 cm³/mol. The third kappa shape index (κ3) is 3.61. The first-order valence-electron chi connectivity index (χ1n) is 6.59. The predicted octanol–water partition coefficient (Wildman–Crippen LogP) is 3.95. The molecule has 1 aliphatic carbocycles. The molecule has 1 saturated carbocycles. The van der Waals surface area contributed by atoms with Gasteiger partial charge in [0.15, 0.2) is 0 Å². The van der Waals surface area contributed by atoms with E-state index >= 15 is 0 Å². The van der Waals surface area contributed by atoms with E-state index in [-0.39, 0.29) is 6.04 Å². The molecule has 2 rings (SSSR count). The Bertz CT molecular complexity index is 369. The largest absolute Gasteiger partial charge is 0.271 e. The van der Waals surface area contributed by atoms with Gasteiger partial charge in [-0.05, 0) is 36.5 Å². The molecule has 1 aromatic carbocycles. The highest BCUT2D eigenvalue weighted by molar-refractivity contribution is 6.35. The zero-order valence-electron chi connectivity index (χ0n) is 10.5. The average molecular weight is 287 g/mol. The van der Waals surface area contributed by atoms with Crippen LogP contribution in [0.3, 0.4) is 0 Å². The Balaban J connectivity index is 2.00. The van der Waals surface area contributed by atoms with Crippen molar-refractivity contribution >= 4 is 23.2 Å². The summed E-state index contributed by atoms with van der Waals surface area (Å²) in [7, 11) is 0. The van der Waals surface area contributed by atoms with Gasteiger partial charge in [0, 0.05) is 16.1 Å². The number of hydrazine groups is 1. The zero-order valence-corrected chi connectivity index (χ0v) is 12.0. The lowest BCUT2D eigenvalue weighted by molar-refractivity contribution is 0.389. The van der Waals surface area contributed by atoms with Gasteiger partial charge in [0.1, 0.15) is 0 Å². The van der Waals surface area contributed by atoms with Crippen molar-refractivity contribution in [3.63, 3.8) is 0 Å². The summed E-state index contributed by atoms with van der Waals surface area (Å²) in [4.78, 5) is 0. The molecule has 1 atom stereocenters. The summed E-state index contributed by atoms with van der Waals surface area (Å²) in [6.45, 7) is 0. The van der Waals surface area contributed by atoms with Crippen LogP contribution in [0.1, 0.15) is 37.7 Å². The number of nitrogens with two attached hydrogens (primary N) is 1. The Morgan fingerprint density at radius 1 is 1.22 bits per heavy atom. The summed E-state index contributed by atoms with van der Waals surface area (Å²) in [5, 5.41) is 1.46. The lowest BCUT2D eigenvalue weighted by atomic mass is 9.94. The molecule has 18 heavy (non-hydrogen) atoms. The fourth-order valence-electron chi connectivity index (χ4n) is 2.83. The second kappa shape index (κ2) is 6.76. The van der Waals surface area contributed by atoms with Crippen LogP contribution in [-0.4, -0.2) is 6.04 Å². The van der Waals surface area contributed by atoms with E-state index < -0.39 is 0 Å². The van der Waals surface area contributed by atoms with Crippen LogP contribution < -0.4 is 11.3 Å². The van der Waals surface area contributed by atoms with E-state index in [9.17, 15) is 0 Å². The van der Waals surface area contributed by atoms with Gasteiger partial charge >= 0.3 is 0 Å². The smallest absolute Gasteiger partial charge is 0.0453 e. The number of hydrogen-bond donors (Lipinski definition) is 2. The maximum atomic E-state index is 6.19. The molecule has 0 spiro atoms. The van der Waals surface area contributed by atoms with Crippen molar-refractivity contribution in [1.29, 1.82) is 0 Å². The molecule has 0 radical (unpaired) electrons. The maximum Gasteiger partial charge on any atom is 0.0453 e. The van der Waals surface area contributed by atoms with E-state index in [2.05, 4.69) is 5.43 Å². The van der Waals surface area contributed by atoms with Crippen molar-refractivity contribution in [3.05, 3.63) is 33.8 Å². The summed E-state index contributed by atoms with van der Waals surface area (Å²) in [6, 6.07) is 5.89. The van der Waals surface area contributed by atoms with Crippen LogP contribution in [-0.2, 0) is 6.42 Å². The molecular weight excluding hydrogens is 267 g/mol. The first-order chi connectivity index (χ1) is 8.70. The van der Waals surface area contributed by atoms with Crippen LogP contribution in [0.5, 0.6) is 0 Å². The highest BCUT2D eigenvalue weighted by Crippen LogP contribution is 2.31. The SMILES string of the molecule is NNC(Cc1c(Cl)cccc1Cl)CC1CCCC1. The van der Waals surface area contributed by atoms with Crippen LogP contribution in [0.2, 0.25) is 10.0 Å². The number of hydrogen-bond acceptors (Lipinski definition) is 2. The molecule has 0 aromatic heterocycles. The molecule has 0 saturated heterocycles. The molecule has 0 amide bonds. The van der Waals surface area contributed by atoms with Gasteiger partial charge in [0.05, 0.1) is 0 Å². The Morgan fingerprint density at radius 3 is 2.39 bits per heavy atom. The Hall–Kier alpha value is -0.280. The summed E-state index contributed by atoms with van der Waals surface area (Å²) in [5.74, 6) is 6.46. The van der Waals surface area contributed by atoms with Gasteiger partial charge in [-0.3, -0.25) is 11.3 Å². The van der Waals surface area contributed by atoms with Crippen LogP contribution in [0.25, 0.3) is 0 Å². The van der Waals surface area contributed by atoms with Gasteiger partial charge in [0.25, 0.3) is 0 Å². The number of halogens is 2. The van der Waals surface area contributed by atoms with E-state index in [1.165, 1.54) is 25.7 Å². The summed E-state index contributed by atoms with van der Waals surface area (Å²) in [5.41, 5.74) is 3.92. The molecule has 4 heteroatoms. The molecule has 1 aromatic rings. The van der Waals surface area contributed by atoms with E-state index in [1.807, 2.05) is 18.2 Å².